The Morgan fingerprint density at radius 1 is 1.33 bits per heavy atom. The Bertz CT molecular complexity index is 560. The van der Waals surface area contributed by atoms with Crippen LogP contribution >= 0.6 is 11.3 Å². The minimum atomic E-state index is -1.00. The van der Waals surface area contributed by atoms with Crippen LogP contribution in [0.2, 0.25) is 0 Å². The number of benzene rings is 1. The highest BCUT2D eigenvalue weighted by molar-refractivity contribution is 7.10. The fraction of sp³-hybridized carbons (Fsp3) is 0.214. The van der Waals surface area contributed by atoms with Gasteiger partial charge >= 0.3 is 5.97 Å². The third-order valence-corrected chi connectivity index (χ3v) is 3.87. The van der Waals surface area contributed by atoms with Crippen LogP contribution in [0, 0.1) is 0 Å². The summed E-state index contributed by atoms with van der Waals surface area (Å²) < 4.78 is 0. The van der Waals surface area contributed by atoms with Crippen LogP contribution in [0.3, 0.4) is 0 Å². The number of aliphatic hydroxyl groups is 1. The molecular formula is C14H14O3S. The predicted octanol–water partition coefficient (Wildman–Crippen LogP) is 3.09. The number of rotatable bonds is 4. The molecule has 1 atom stereocenters. The number of aliphatic hydroxyl groups excluding tert-OH is 1. The van der Waals surface area contributed by atoms with E-state index in [9.17, 15) is 9.90 Å². The molecule has 0 saturated heterocycles. The Morgan fingerprint density at radius 2 is 2.06 bits per heavy atom. The molecule has 3 nitrogen and oxygen atoms in total. The zero-order valence-electron chi connectivity index (χ0n) is 9.96. The van der Waals surface area contributed by atoms with Gasteiger partial charge in [0.1, 0.15) is 6.10 Å². The first kappa shape index (κ1) is 12.8. The Hall–Kier alpha value is -1.65. The molecule has 0 saturated carbocycles. The lowest BCUT2D eigenvalue weighted by molar-refractivity contribution is 0.0692. The van der Waals surface area contributed by atoms with E-state index in [4.69, 9.17) is 5.11 Å². The first-order chi connectivity index (χ1) is 8.65. The number of thiophene rings is 1. The lowest BCUT2D eigenvalue weighted by Crippen LogP contribution is -2.06. The number of aryl methyl sites for hydroxylation is 1. The van der Waals surface area contributed by atoms with E-state index >= 15 is 0 Å². The van der Waals surface area contributed by atoms with Gasteiger partial charge in [-0.05, 0) is 29.0 Å². The number of carboxylic acid groups (broad SMARTS) is 1. The van der Waals surface area contributed by atoms with E-state index in [0.29, 0.717) is 4.88 Å². The van der Waals surface area contributed by atoms with E-state index in [2.05, 4.69) is 0 Å². The van der Waals surface area contributed by atoms with Gasteiger partial charge in [0.25, 0.3) is 0 Å². The molecule has 0 fully saturated rings. The summed E-state index contributed by atoms with van der Waals surface area (Å²) in [4.78, 5) is 11.6. The second kappa shape index (κ2) is 5.33. The topological polar surface area (TPSA) is 57.5 Å². The van der Waals surface area contributed by atoms with Crippen LogP contribution in [0.5, 0.6) is 0 Å². The first-order valence-electron chi connectivity index (χ1n) is 5.71. The maximum absolute atomic E-state index is 11.1. The molecule has 94 valence electrons. The summed E-state index contributed by atoms with van der Waals surface area (Å²) >= 11 is 1.27. The molecule has 1 aromatic carbocycles. The Kier molecular flexibility index (Phi) is 3.79. The average Bonchev–Trinajstić information content (AvgIpc) is 2.87. The highest BCUT2D eigenvalue weighted by Crippen LogP contribution is 2.31. The summed E-state index contributed by atoms with van der Waals surface area (Å²) in [6, 6.07) is 9.09. The van der Waals surface area contributed by atoms with E-state index in [0.717, 1.165) is 17.5 Å². The molecule has 4 heteroatoms. The summed E-state index contributed by atoms with van der Waals surface area (Å²) in [7, 11) is 0. The van der Waals surface area contributed by atoms with Crippen LogP contribution in [0.4, 0.5) is 0 Å². The van der Waals surface area contributed by atoms with Crippen LogP contribution in [0.15, 0.2) is 35.7 Å². The van der Waals surface area contributed by atoms with Crippen molar-refractivity contribution in [3.63, 3.8) is 0 Å². The van der Waals surface area contributed by atoms with Crippen molar-refractivity contribution in [3.8, 4) is 0 Å². The SMILES string of the molecule is CCc1ccccc1C(O)c1sccc1C(=O)O. The van der Waals surface area contributed by atoms with Gasteiger partial charge in [-0.15, -0.1) is 11.3 Å². The molecule has 1 heterocycles. The van der Waals surface area contributed by atoms with Crippen LogP contribution in [0.25, 0.3) is 0 Å². The molecule has 1 aromatic heterocycles. The normalized spacial score (nSPS) is 12.3. The van der Waals surface area contributed by atoms with Gasteiger partial charge in [-0.2, -0.15) is 0 Å². The van der Waals surface area contributed by atoms with Gasteiger partial charge in [-0.1, -0.05) is 31.2 Å². The quantitative estimate of drug-likeness (QED) is 0.890. The third kappa shape index (κ3) is 2.30. The summed E-state index contributed by atoms with van der Waals surface area (Å²) in [6.45, 7) is 2.01. The molecule has 2 aromatic rings. The lowest BCUT2D eigenvalue weighted by Gasteiger charge is -2.14. The molecule has 0 radical (unpaired) electrons. The van der Waals surface area contributed by atoms with Crippen LogP contribution in [0.1, 0.15) is 39.4 Å². The van der Waals surface area contributed by atoms with Crippen molar-refractivity contribution < 1.29 is 15.0 Å². The van der Waals surface area contributed by atoms with Gasteiger partial charge in [-0.25, -0.2) is 4.79 Å². The number of carboxylic acids is 1. The standard InChI is InChI=1S/C14H14O3S/c1-2-9-5-3-4-6-10(9)12(15)13-11(14(16)17)7-8-18-13/h3-8,12,15H,2H2,1H3,(H,16,17). The maximum atomic E-state index is 11.1. The molecule has 1 unspecified atom stereocenters. The van der Waals surface area contributed by atoms with Gasteiger partial charge in [0.2, 0.25) is 0 Å². The van der Waals surface area contributed by atoms with E-state index in [1.165, 1.54) is 17.4 Å². The molecule has 2 rings (SSSR count). The first-order valence-corrected chi connectivity index (χ1v) is 6.59. The Morgan fingerprint density at radius 3 is 2.72 bits per heavy atom. The average molecular weight is 262 g/mol. The van der Waals surface area contributed by atoms with Crippen molar-refractivity contribution in [1.82, 2.24) is 0 Å². The monoisotopic (exact) mass is 262 g/mol. The Balaban J connectivity index is 2.44. The van der Waals surface area contributed by atoms with Gasteiger partial charge in [0.15, 0.2) is 0 Å². The molecule has 0 bridgehead atoms. The van der Waals surface area contributed by atoms with Crippen molar-refractivity contribution in [3.05, 3.63) is 57.3 Å². The van der Waals surface area contributed by atoms with Crippen molar-refractivity contribution in [2.45, 2.75) is 19.4 Å². The molecule has 0 spiro atoms. The molecule has 2 N–H and O–H groups in total. The highest BCUT2D eigenvalue weighted by Gasteiger charge is 2.21. The van der Waals surface area contributed by atoms with Gasteiger partial charge in [-0.3, -0.25) is 0 Å². The van der Waals surface area contributed by atoms with Crippen LogP contribution in [-0.2, 0) is 6.42 Å². The lowest BCUT2D eigenvalue weighted by atomic mass is 9.98. The smallest absolute Gasteiger partial charge is 0.336 e. The van der Waals surface area contributed by atoms with Crippen molar-refractivity contribution >= 4 is 17.3 Å². The molecule has 0 amide bonds. The highest BCUT2D eigenvalue weighted by atomic mass is 32.1. The summed E-state index contributed by atoms with van der Waals surface area (Å²) in [5.74, 6) is -1.00. The summed E-state index contributed by atoms with van der Waals surface area (Å²) in [5.41, 5.74) is 2.00. The molecule has 0 aliphatic heterocycles. The maximum Gasteiger partial charge on any atom is 0.336 e. The van der Waals surface area contributed by atoms with Crippen LogP contribution in [-0.4, -0.2) is 16.2 Å². The second-order valence-electron chi connectivity index (χ2n) is 3.96. The number of hydrogen-bond donors (Lipinski definition) is 2. The van der Waals surface area contributed by atoms with E-state index in [1.54, 1.807) is 5.38 Å². The van der Waals surface area contributed by atoms with E-state index < -0.39 is 12.1 Å². The molecule has 18 heavy (non-hydrogen) atoms. The van der Waals surface area contributed by atoms with Crippen molar-refractivity contribution in [2.24, 2.45) is 0 Å². The second-order valence-corrected chi connectivity index (χ2v) is 4.91. The van der Waals surface area contributed by atoms with Gasteiger partial charge in [0, 0.05) is 0 Å². The predicted molar refractivity (Wildman–Crippen MR) is 71.2 cm³/mol. The summed E-state index contributed by atoms with van der Waals surface area (Å²) in [6.07, 6.45) is -0.0617. The van der Waals surface area contributed by atoms with E-state index in [-0.39, 0.29) is 5.56 Å². The number of aromatic carboxylic acids is 1. The van der Waals surface area contributed by atoms with Crippen molar-refractivity contribution in [1.29, 1.82) is 0 Å². The minimum Gasteiger partial charge on any atom is -0.478 e. The largest absolute Gasteiger partial charge is 0.478 e. The molecule has 0 aliphatic rings. The molecule has 0 aliphatic carbocycles. The zero-order chi connectivity index (χ0) is 13.1. The zero-order valence-corrected chi connectivity index (χ0v) is 10.8. The summed E-state index contributed by atoms with van der Waals surface area (Å²) in [5, 5.41) is 21.1. The fourth-order valence-electron chi connectivity index (χ4n) is 1.97. The fourth-order valence-corrected chi connectivity index (χ4v) is 2.86. The molecular weight excluding hydrogens is 248 g/mol. The Labute approximate surface area is 109 Å². The van der Waals surface area contributed by atoms with Gasteiger partial charge in [0.05, 0.1) is 10.4 Å². The van der Waals surface area contributed by atoms with Gasteiger partial charge < -0.3 is 10.2 Å². The van der Waals surface area contributed by atoms with E-state index in [1.807, 2.05) is 31.2 Å². The van der Waals surface area contributed by atoms with Crippen molar-refractivity contribution in [2.75, 3.05) is 0 Å². The third-order valence-electron chi connectivity index (χ3n) is 2.90. The van der Waals surface area contributed by atoms with Crippen LogP contribution < -0.4 is 0 Å². The minimum absolute atomic E-state index is 0.179. The number of carbonyl (C=O) groups is 1. The number of hydrogen-bond acceptors (Lipinski definition) is 3.